The molecule has 0 unspecified atom stereocenters. The van der Waals surface area contributed by atoms with E-state index in [-0.39, 0.29) is 11.6 Å². The average molecular weight is 394 g/mol. The number of alkyl halides is 3. The van der Waals surface area contributed by atoms with Crippen LogP contribution in [-0.4, -0.2) is 10.7 Å². The van der Waals surface area contributed by atoms with E-state index in [0.717, 1.165) is 29.0 Å². The molecule has 2 N–H and O–H groups in total. The van der Waals surface area contributed by atoms with Crippen LogP contribution in [0.4, 0.5) is 18.9 Å². The van der Waals surface area contributed by atoms with Crippen molar-refractivity contribution in [1.29, 1.82) is 0 Å². The number of rotatable bonds is 2. The van der Waals surface area contributed by atoms with Crippen LogP contribution in [-0.2, 0) is 6.18 Å². The first-order valence-corrected chi connectivity index (χ1v) is 8.99. The lowest BCUT2D eigenvalue weighted by molar-refractivity contribution is -0.137. The highest BCUT2D eigenvalue weighted by molar-refractivity contribution is 7.80. The highest BCUT2D eigenvalue weighted by atomic mass is 32.1. The first-order valence-electron chi connectivity index (χ1n) is 8.58. The molecule has 0 saturated heterocycles. The zero-order valence-electron chi connectivity index (χ0n) is 15.3. The monoisotopic (exact) mass is 394 g/mol. The molecule has 2 aromatic rings. The maximum Gasteiger partial charge on any atom is 0.416 e. The zero-order chi connectivity index (χ0) is 19.8. The molecule has 0 spiro atoms. The topological polar surface area (TPSA) is 33.3 Å². The molecule has 1 aliphatic heterocycles. The van der Waals surface area contributed by atoms with Crippen molar-refractivity contribution < 1.29 is 17.9 Å². The molecular weight excluding hydrogens is 373 g/mol. The third-order valence-electron chi connectivity index (χ3n) is 4.40. The van der Waals surface area contributed by atoms with Gasteiger partial charge in [-0.3, -0.25) is 0 Å². The largest absolute Gasteiger partial charge is 0.487 e. The van der Waals surface area contributed by atoms with Gasteiger partial charge in [-0.25, -0.2) is 0 Å². The minimum Gasteiger partial charge on any atom is -0.487 e. The smallest absolute Gasteiger partial charge is 0.416 e. The predicted octanol–water partition coefficient (Wildman–Crippen LogP) is 5.60. The van der Waals surface area contributed by atoms with E-state index in [4.69, 9.17) is 17.0 Å². The number of fused-ring (bicyclic) bond motifs is 1. The fourth-order valence-electron chi connectivity index (χ4n) is 3.17. The van der Waals surface area contributed by atoms with Gasteiger partial charge in [0.15, 0.2) is 5.11 Å². The van der Waals surface area contributed by atoms with Crippen molar-refractivity contribution in [2.75, 3.05) is 5.32 Å². The van der Waals surface area contributed by atoms with Gasteiger partial charge in [-0.2, -0.15) is 13.2 Å². The van der Waals surface area contributed by atoms with Gasteiger partial charge in [0.05, 0.1) is 11.6 Å². The van der Waals surface area contributed by atoms with Crippen molar-refractivity contribution in [2.24, 2.45) is 0 Å². The second-order valence-corrected chi connectivity index (χ2v) is 7.74. The van der Waals surface area contributed by atoms with Crippen molar-refractivity contribution in [1.82, 2.24) is 5.32 Å². The van der Waals surface area contributed by atoms with Crippen LogP contribution in [0.5, 0.6) is 5.75 Å². The standard InChI is InChI=1S/C20H21F3N2OS/c1-12-4-9-17-15(10-12)16(11-19(2,3)26-17)25-18(27)24-14-7-5-13(6-8-14)20(21,22)23/h4-10,16H,11H2,1-3H3,(H2,24,25,27)/t16-/m0/s1. The van der Waals surface area contributed by atoms with Crippen LogP contribution in [0.25, 0.3) is 0 Å². The van der Waals surface area contributed by atoms with Crippen molar-refractivity contribution in [3.63, 3.8) is 0 Å². The SMILES string of the molecule is Cc1ccc2c(c1)[C@@H](NC(=S)Nc1ccc(C(F)(F)F)cc1)CC(C)(C)O2. The van der Waals surface area contributed by atoms with Crippen LogP contribution < -0.4 is 15.4 Å². The first-order chi connectivity index (χ1) is 12.5. The molecule has 0 aromatic heterocycles. The van der Waals surface area contributed by atoms with Crippen LogP contribution in [0.15, 0.2) is 42.5 Å². The third kappa shape index (κ3) is 4.71. The first kappa shape index (κ1) is 19.5. The van der Waals surface area contributed by atoms with Gasteiger partial charge in [0.2, 0.25) is 0 Å². The normalized spacial score (nSPS) is 18.2. The maximum atomic E-state index is 12.7. The number of hydrogen-bond donors (Lipinski definition) is 2. The molecule has 7 heteroatoms. The number of nitrogens with one attached hydrogen (secondary N) is 2. The Hall–Kier alpha value is -2.28. The molecule has 0 aliphatic carbocycles. The zero-order valence-corrected chi connectivity index (χ0v) is 16.1. The minimum atomic E-state index is -4.35. The number of aryl methyl sites for hydroxylation is 1. The van der Waals surface area contributed by atoms with Crippen molar-refractivity contribution in [2.45, 2.75) is 45.0 Å². The van der Waals surface area contributed by atoms with Crippen molar-refractivity contribution >= 4 is 23.0 Å². The Morgan fingerprint density at radius 3 is 2.44 bits per heavy atom. The van der Waals surface area contributed by atoms with E-state index in [1.54, 1.807) is 0 Å². The Balaban J connectivity index is 1.73. The molecule has 2 aromatic carbocycles. The highest BCUT2D eigenvalue weighted by Gasteiger charge is 2.34. The Morgan fingerprint density at radius 2 is 1.81 bits per heavy atom. The van der Waals surface area contributed by atoms with Gasteiger partial charge >= 0.3 is 6.18 Å². The second kappa shape index (κ2) is 7.03. The van der Waals surface area contributed by atoms with E-state index in [9.17, 15) is 13.2 Å². The summed E-state index contributed by atoms with van der Waals surface area (Å²) in [4.78, 5) is 0. The average Bonchev–Trinajstić information content (AvgIpc) is 2.54. The molecule has 3 rings (SSSR count). The van der Waals surface area contributed by atoms with E-state index in [2.05, 4.69) is 16.7 Å². The summed E-state index contributed by atoms with van der Waals surface area (Å²) in [5.74, 6) is 0.812. The molecule has 1 aliphatic rings. The summed E-state index contributed by atoms with van der Waals surface area (Å²) < 4.78 is 44.0. The molecule has 0 saturated carbocycles. The van der Waals surface area contributed by atoms with Crippen molar-refractivity contribution in [3.05, 3.63) is 59.2 Å². The van der Waals surface area contributed by atoms with Gasteiger partial charge in [0, 0.05) is 17.7 Å². The van der Waals surface area contributed by atoms with Gasteiger partial charge in [-0.1, -0.05) is 17.7 Å². The lowest BCUT2D eigenvalue weighted by Gasteiger charge is -2.38. The Bertz CT molecular complexity index is 847. The molecule has 1 atom stereocenters. The summed E-state index contributed by atoms with van der Waals surface area (Å²) in [6.45, 7) is 6.03. The predicted molar refractivity (Wildman–Crippen MR) is 104 cm³/mol. The fourth-order valence-corrected chi connectivity index (χ4v) is 3.43. The third-order valence-corrected chi connectivity index (χ3v) is 4.62. The number of thiocarbonyl (C=S) groups is 1. The van der Waals surface area contributed by atoms with Crippen LogP contribution >= 0.6 is 12.2 Å². The van der Waals surface area contributed by atoms with Crippen LogP contribution in [0.1, 0.15) is 43.0 Å². The Morgan fingerprint density at radius 1 is 1.15 bits per heavy atom. The van der Waals surface area contributed by atoms with E-state index < -0.39 is 11.7 Å². The number of hydrogen-bond acceptors (Lipinski definition) is 2. The molecule has 0 bridgehead atoms. The summed E-state index contributed by atoms with van der Waals surface area (Å²) >= 11 is 5.37. The second-order valence-electron chi connectivity index (χ2n) is 7.33. The van der Waals surface area contributed by atoms with E-state index >= 15 is 0 Å². The van der Waals surface area contributed by atoms with Crippen LogP contribution in [0.3, 0.4) is 0 Å². The number of benzene rings is 2. The van der Waals surface area contributed by atoms with Gasteiger partial charge in [-0.05, 0) is 63.3 Å². The van der Waals surface area contributed by atoms with Gasteiger partial charge in [0.1, 0.15) is 11.4 Å². The quantitative estimate of drug-likeness (QED) is 0.650. The Kier molecular flexibility index (Phi) is 5.08. The molecular formula is C20H21F3N2OS. The summed E-state index contributed by atoms with van der Waals surface area (Å²) in [7, 11) is 0. The number of anilines is 1. The lowest BCUT2D eigenvalue weighted by Crippen LogP contribution is -2.42. The molecule has 144 valence electrons. The summed E-state index contributed by atoms with van der Waals surface area (Å²) in [5.41, 5.74) is 1.58. The summed E-state index contributed by atoms with van der Waals surface area (Å²) in [6, 6.07) is 10.7. The molecule has 0 radical (unpaired) electrons. The molecule has 27 heavy (non-hydrogen) atoms. The molecule has 1 heterocycles. The Labute approximate surface area is 161 Å². The van der Waals surface area contributed by atoms with E-state index in [1.807, 2.05) is 32.9 Å². The van der Waals surface area contributed by atoms with Crippen molar-refractivity contribution in [3.8, 4) is 5.75 Å². The fraction of sp³-hybridized carbons (Fsp3) is 0.350. The van der Waals surface area contributed by atoms with Crippen LogP contribution in [0.2, 0.25) is 0 Å². The van der Waals surface area contributed by atoms with Gasteiger partial charge in [0.25, 0.3) is 0 Å². The molecule has 3 nitrogen and oxygen atoms in total. The highest BCUT2D eigenvalue weighted by Crippen LogP contribution is 2.40. The number of halogens is 3. The molecule has 0 amide bonds. The summed E-state index contributed by atoms with van der Waals surface area (Å²) in [6.07, 6.45) is -3.65. The summed E-state index contributed by atoms with van der Waals surface area (Å²) in [5, 5.41) is 6.57. The van der Waals surface area contributed by atoms with E-state index in [1.165, 1.54) is 12.1 Å². The van der Waals surface area contributed by atoms with Gasteiger partial charge < -0.3 is 15.4 Å². The van der Waals surface area contributed by atoms with Crippen LogP contribution in [0, 0.1) is 6.92 Å². The number of ether oxygens (including phenoxy) is 1. The van der Waals surface area contributed by atoms with E-state index in [0.29, 0.717) is 17.2 Å². The van der Waals surface area contributed by atoms with Gasteiger partial charge in [-0.15, -0.1) is 0 Å². The minimum absolute atomic E-state index is 0.0573. The maximum absolute atomic E-state index is 12.7. The lowest BCUT2D eigenvalue weighted by atomic mass is 9.89. The molecule has 0 fully saturated rings.